The summed E-state index contributed by atoms with van der Waals surface area (Å²) in [5.74, 6) is -0.471. The monoisotopic (exact) mass is 522 g/mol. The average molecular weight is 523 g/mol. The molecule has 0 aliphatic carbocycles. The van der Waals surface area contributed by atoms with E-state index in [1.807, 2.05) is 115 Å². The summed E-state index contributed by atoms with van der Waals surface area (Å²) in [4.78, 5) is 24.7. The van der Waals surface area contributed by atoms with Gasteiger partial charge >= 0.3 is 5.97 Å². The Morgan fingerprint density at radius 3 is 1.92 bits per heavy atom. The Hall–Kier alpha value is -3.99. The summed E-state index contributed by atoms with van der Waals surface area (Å²) in [6.07, 6.45) is 1.99. The summed E-state index contributed by atoms with van der Waals surface area (Å²) in [5, 5.41) is 5.59. The molecule has 2 unspecified atom stereocenters. The van der Waals surface area contributed by atoms with E-state index in [0.29, 0.717) is 27.0 Å². The maximum absolute atomic E-state index is 14.0. The van der Waals surface area contributed by atoms with Crippen LogP contribution in [0.25, 0.3) is 6.08 Å². The predicted molar refractivity (Wildman–Crippen MR) is 148 cm³/mol. The molecule has 0 radical (unpaired) electrons. The van der Waals surface area contributed by atoms with Gasteiger partial charge in [-0.25, -0.2) is 4.79 Å². The molecule has 0 amide bonds. The largest absolute Gasteiger partial charge is 0.354 e. The first-order valence-corrected chi connectivity index (χ1v) is 12.5. The van der Waals surface area contributed by atoms with Crippen molar-refractivity contribution < 1.29 is 9.63 Å². The van der Waals surface area contributed by atoms with Crippen LogP contribution in [0.15, 0.2) is 125 Å². The highest BCUT2D eigenvalue weighted by atomic mass is 35.5. The Morgan fingerprint density at radius 1 is 0.730 bits per heavy atom. The lowest BCUT2D eigenvalue weighted by Crippen LogP contribution is -2.41. The Kier molecular flexibility index (Phi) is 5.99. The van der Waals surface area contributed by atoms with Crippen molar-refractivity contribution in [3.05, 3.63) is 147 Å². The van der Waals surface area contributed by atoms with Gasteiger partial charge in [0.15, 0.2) is 5.41 Å². The zero-order valence-corrected chi connectivity index (χ0v) is 21.0. The second-order valence-corrected chi connectivity index (χ2v) is 9.77. The highest BCUT2D eigenvalue weighted by Gasteiger charge is 2.63. The lowest BCUT2D eigenvalue weighted by molar-refractivity contribution is -0.147. The second kappa shape index (κ2) is 9.47. The van der Waals surface area contributed by atoms with Gasteiger partial charge in [-0.3, -0.25) is 4.99 Å². The van der Waals surface area contributed by atoms with Crippen LogP contribution in [-0.2, 0) is 9.63 Å². The van der Waals surface area contributed by atoms with E-state index in [2.05, 4.69) is 5.16 Å². The summed E-state index contributed by atoms with van der Waals surface area (Å²) in [6.45, 7) is 0. The normalized spacial score (nSPS) is 21.7. The molecule has 0 saturated heterocycles. The Morgan fingerprint density at radius 2 is 1.30 bits per heavy atom. The number of benzene rings is 4. The molecule has 2 heterocycles. The molecule has 0 aromatic heterocycles. The number of hydrogen-bond acceptors (Lipinski definition) is 4. The number of nitrogens with zero attached hydrogens (tertiary/aromatic N) is 2. The number of hydrogen-bond donors (Lipinski definition) is 0. The van der Waals surface area contributed by atoms with Crippen molar-refractivity contribution in [3.8, 4) is 0 Å². The third-order valence-corrected chi connectivity index (χ3v) is 7.23. The molecule has 4 nitrogen and oxygen atoms in total. The highest BCUT2D eigenvalue weighted by molar-refractivity contribution is 6.32. The molecule has 180 valence electrons. The van der Waals surface area contributed by atoms with Crippen molar-refractivity contribution in [2.75, 3.05) is 0 Å². The number of oxime groups is 1. The van der Waals surface area contributed by atoms with Crippen LogP contribution in [-0.4, -0.2) is 17.4 Å². The van der Waals surface area contributed by atoms with Crippen molar-refractivity contribution in [1.82, 2.24) is 0 Å². The molecule has 37 heavy (non-hydrogen) atoms. The molecule has 0 fully saturated rings. The van der Waals surface area contributed by atoms with Crippen molar-refractivity contribution in [3.63, 3.8) is 0 Å². The van der Waals surface area contributed by atoms with Crippen LogP contribution in [0.3, 0.4) is 0 Å². The lowest BCUT2D eigenvalue weighted by atomic mass is 9.67. The standard InChI is InChI=1S/C31H20Cl2N2O2/c32-24-15-11-20(12-16-24)19-26-27(21-7-3-1-4-8-21)34-28(23-13-17-25(33)18-14-23)31(26)29(35-37-30(31)36)22-9-5-2-6-10-22/h1-19,28H/b26-19-. The fraction of sp³-hybridized carbons (Fsp3) is 0.0645. The van der Waals surface area contributed by atoms with E-state index in [9.17, 15) is 4.79 Å². The van der Waals surface area contributed by atoms with Gasteiger partial charge in [0, 0.05) is 26.7 Å². The van der Waals surface area contributed by atoms with Gasteiger partial charge in [0.25, 0.3) is 0 Å². The van der Waals surface area contributed by atoms with E-state index in [4.69, 9.17) is 33.0 Å². The molecular weight excluding hydrogens is 503 g/mol. The minimum absolute atomic E-state index is 0.471. The number of carbonyl (C=O) groups is 1. The van der Waals surface area contributed by atoms with Gasteiger partial charge in [-0.15, -0.1) is 0 Å². The van der Waals surface area contributed by atoms with Crippen LogP contribution >= 0.6 is 23.2 Å². The molecule has 2 aliphatic rings. The molecule has 6 rings (SSSR count). The summed E-state index contributed by atoms with van der Waals surface area (Å²) in [6, 6.07) is 33.8. The Balaban J connectivity index is 1.66. The maximum atomic E-state index is 14.0. The molecule has 0 saturated carbocycles. The minimum Gasteiger partial charge on any atom is -0.316 e. The molecule has 0 bridgehead atoms. The van der Waals surface area contributed by atoms with Crippen molar-refractivity contribution in [1.29, 1.82) is 0 Å². The van der Waals surface area contributed by atoms with Crippen LogP contribution < -0.4 is 0 Å². The number of aliphatic imine (C=N–C) groups is 1. The van der Waals surface area contributed by atoms with Gasteiger partial charge in [0.1, 0.15) is 11.8 Å². The van der Waals surface area contributed by atoms with Crippen LogP contribution in [0.2, 0.25) is 10.0 Å². The van der Waals surface area contributed by atoms with Crippen molar-refractivity contribution >= 4 is 46.7 Å². The average Bonchev–Trinajstić information content (AvgIpc) is 3.45. The van der Waals surface area contributed by atoms with Gasteiger partial charge < -0.3 is 4.84 Å². The van der Waals surface area contributed by atoms with Crippen molar-refractivity contribution in [2.24, 2.45) is 15.6 Å². The molecular formula is C31H20Cl2N2O2. The first-order chi connectivity index (χ1) is 18.1. The van der Waals surface area contributed by atoms with Gasteiger partial charge in [0.05, 0.1) is 5.71 Å². The van der Waals surface area contributed by atoms with Gasteiger partial charge in [0.2, 0.25) is 0 Å². The summed E-state index contributed by atoms with van der Waals surface area (Å²) in [5.41, 5.74) is 4.03. The van der Waals surface area contributed by atoms with Crippen LogP contribution in [0.5, 0.6) is 0 Å². The molecule has 2 aliphatic heterocycles. The van der Waals surface area contributed by atoms with Crippen LogP contribution in [0, 0.1) is 5.41 Å². The first-order valence-electron chi connectivity index (χ1n) is 11.8. The molecule has 1 spiro atoms. The topological polar surface area (TPSA) is 51.0 Å². The molecule has 4 aromatic rings. The molecule has 4 aromatic carbocycles. The quantitative estimate of drug-likeness (QED) is 0.259. The van der Waals surface area contributed by atoms with Gasteiger partial charge in [-0.2, -0.15) is 0 Å². The Bertz CT molecular complexity index is 1560. The highest BCUT2D eigenvalue weighted by Crippen LogP contribution is 2.55. The van der Waals surface area contributed by atoms with E-state index in [1.165, 1.54) is 0 Å². The van der Waals surface area contributed by atoms with Crippen LogP contribution in [0.1, 0.15) is 28.3 Å². The van der Waals surface area contributed by atoms with E-state index < -0.39 is 17.4 Å². The molecule has 0 N–H and O–H groups in total. The van der Waals surface area contributed by atoms with Gasteiger partial charge in [-0.05, 0) is 41.5 Å². The van der Waals surface area contributed by atoms with E-state index in [-0.39, 0.29) is 0 Å². The summed E-state index contributed by atoms with van der Waals surface area (Å²) < 4.78 is 0. The number of carbonyl (C=O) groups excluding carboxylic acids is 1. The fourth-order valence-electron chi connectivity index (χ4n) is 5.02. The van der Waals surface area contributed by atoms with E-state index in [1.54, 1.807) is 0 Å². The SMILES string of the molecule is O=C1ON=C(c2ccccc2)C12/C(=C\c1ccc(Cl)cc1)C(c1ccccc1)=NC2c1ccc(Cl)cc1. The number of rotatable bonds is 4. The van der Waals surface area contributed by atoms with Crippen LogP contribution in [0.4, 0.5) is 0 Å². The molecule has 6 heteroatoms. The third kappa shape index (κ3) is 3.99. The predicted octanol–water partition coefficient (Wildman–Crippen LogP) is 7.57. The zero-order chi connectivity index (χ0) is 25.4. The van der Waals surface area contributed by atoms with E-state index >= 15 is 0 Å². The maximum Gasteiger partial charge on any atom is 0.354 e. The van der Waals surface area contributed by atoms with Crippen molar-refractivity contribution in [2.45, 2.75) is 6.04 Å². The van der Waals surface area contributed by atoms with Gasteiger partial charge in [-0.1, -0.05) is 113 Å². The lowest BCUT2D eigenvalue weighted by Gasteiger charge is -2.29. The zero-order valence-electron chi connectivity index (χ0n) is 19.5. The second-order valence-electron chi connectivity index (χ2n) is 8.90. The third-order valence-electron chi connectivity index (χ3n) is 6.72. The number of halogens is 2. The fourth-order valence-corrected chi connectivity index (χ4v) is 5.27. The molecule has 2 atom stereocenters. The first kappa shape index (κ1) is 23.4. The van der Waals surface area contributed by atoms with E-state index in [0.717, 1.165) is 22.3 Å². The minimum atomic E-state index is -1.31. The summed E-state index contributed by atoms with van der Waals surface area (Å²) in [7, 11) is 0. The Labute approximate surface area is 224 Å². The summed E-state index contributed by atoms with van der Waals surface area (Å²) >= 11 is 12.4. The smallest absolute Gasteiger partial charge is 0.316 e.